The lowest BCUT2D eigenvalue weighted by molar-refractivity contribution is 0.0679. The molecule has 7 heterocycles. The van der Waals surface area contributed by atoms with Crippen molar-refractivity contribution in [3.8, 4) is 34.0 Å². The number of aromatic carboxylic acids is 6. The number of furan rings is 3. The van der Waals surface area contributed by atoms with Gasteiger partial charge >= 0.3 is 35.8 Å². The summed E-state index contributed by atoms with van der Waals surface area (Å²) in [6.07, 6.45) is 0. The number of carboxylic acid groups (broad SMARTS) is 6. The number of carboxylic acids is 6. The van der Waals surface area contributed by atoms with Gasteiger partial charge in [-0.3, -0.25) is 14.7 Å². The average molecular weight is 951 g/mol. The van der Waals surface area contributed by atoms with Crippen molar-refractivity contribution in [3.05, 3.63) is 121 Å². The van der Waals surface area contributed by atoms with Crippen molar-refractivity contribution in [2.75, 3.05) is 39.3 Å². The van der Waals surface area contributed by atoms with Gasteiger partial charge in [-0.25, -0.2) is 43.7 Å². The zero-order valence-electron chi connectivity index (χ0n) is 38.4. The van der Waals surface area contributed by atoms with Gasteiger partial charge in [-0.05, 0) is 77.9 Å². The minimum Gasteiger partial charge on any atom is -0.478 e. The van der Waals surface area contributed by atoms with E-state index < -0.39 is 35.8 Å². The molecule has 1 saturated heterocycles. The van der Waals surface area contributed by atoms with Crippen LogP contribution in [0, 0.1) is 41.5 Å². The van der Waals surface area contributed by atoms with Crippen molar-refractivity contribution in [2.45, 2.75) is 61.2 Å². The minimum atomic E-state index is -1.32. The second-order valence-corrected chi connectivity index (χ2v) is 16.8. The van der Waals surface area contributed by atoms with Gasteiger partial charge in [0.15, 0.2) is 0 Å². The van der Waals surface area contributed by atoms with Gasteiger partial charge in [0.2, 0.25) is 0 Å². The molecule has 0 unspecified atom stereocenters. The fourth-order valence-corrected chi connectivity index (χ4v) is 8.81. The lowest BCUT2D eigenvalue weighted by Crippen LogP contribution is -2.36. The average Bonchev–Trinajstić information content (AvgIpc) is 3.90. The normalized spacial score (nSPS) is 14.0. The second-order valence-electron chi connectivity index (χ2n) is 16.8. The lowest BCUT2D eigenvalue weighted by atomic mass is 10.0. The van der Waals surface area contributed by atoms with E-state index in [1.807, 2.05) is 14.7 Å². The first-order chi connectivity index (χ1) is 32.6. The van der Waals surface area contributed by atoms with Crippen LogP contribution in [-0.4, -0.2) is 135 Å². The Kier molecular flexibility index (Phi) is 14.0. The number of pyridine rings is 3. The van der Waals surface area contributed by atoms with E-state index in [-0.39, 0.29) is 88.0 Å². The maximum atomic E-state index is 12.4. The molecule has 0 bridgehead atoms. The van der Waals surface area contributed by atoms with Gasteiger partial charge in [-0.15, -0.1) is 0 Å². The summed E-state index contributed by atoms with van der Waals surface area (Å²) in [6.45, 7) is 11.8. The van der Waals surface area contributed by atoms with Crippen LogP contribution in [-0.2, 0) is 19.6 Å². The standard InChI is InChI=1S/C48H48N6O15/c1-22-37(46(61)62)25(4)67-40(22)28-13-31(49-34(16-28)43(55)56)19-52-7-9-53(20-32-14-29(17-35(50-32)44(57)58)41-23(2)38(47(63)64)26(5)68-41)11-12-54(10-8-52)21-33-15-30(18-36(51-33)45(59)60)42-24(3)39(48(65)66)27(6)69-42/h13-18H,7-12,19-21H2,1-6H3,(H,55,56)(H,57,58)(H,59,60)(H,61,62)(H,63,64)(H,65,66)/i7+2. The summed E-state index contributed by atoms with van der Waals surface area (Å²) in [6, 6.07) is 8.85. The highest BCUT2D eigenvalue weighted by Gasteiger charge is 2.28. The predicted octanol–water partition coefficient (Wildman–Crippen LogP) is 6.51. The molecular formula is C48H48N6O15. The van der Waals surface area contributed by atoms with Gasteiger partial charge in [-0.1, -0.05) is 0 Å². The fraction of sp³-hybridized carbons (Fsp3) is 0.312. The Balaban J connectivity index is 1.26. The predicted molar refractivity (Wildman–Crippen MR) is 242 cm³/mol. The smallest absolute Gasteiger partial charge is 0.354 e. The number of carbonyl (C=O) groups is 6. The summed E-state index contributed by atoms with van der Waals surface area (Å²) < 4.78 is 17.6. The zero-order chi connectivity index (χ0) is 50.2. The molecule has 1 aliphatic heterocycles. The van der Waals surface area contributed by atoms with E-state index in [1.165, 1.54) is 39.0 Å². The quantitative estimate of drug-likeness (QED) is 0.0639. The summed E-state index contributed by atoms with van der Waals surface area (Å²) >= 11 is 0. The minimum absolute atomic E-state index is 0.0368. The van der Waals surface area contributed by atoms with Gasteiger partial charge < -0.3 is 43.9 Å². The van der Waals surface area contributed by atoms with Crippen LogP contribution in [0.2, 0.25) is 0 Å². The highest BCUT2D eigenvalue weighted by Crippen LogP contribution is 2.35. The van der Waals surface area contributed by atoms with Crippen LogP contribution in [0.1, 0.15) is 114 Å². The number of aromatic nitrogens is 3. The summed E-state index contributed by atoms with van der Waals surface area (Å²) in [5.74, 6) is -6.55. The van der Waals surface area contributed by atoms with E-state index in [0.717, 1.165) is 0 Å². The summed E-state index contributed by atoms with van der Waals surface area (Å²) in [5, 5.41) is 59.8. The highest BCUT2D eigenvalue weighted by atomic mass is 16.4. The summed E-state index contributed by atoms with van der Waals surface area (Å²) in [5.41, 5.74) is 1.89. The number of hydrogen-bond acceptors (Lipinski definition) is 15. The molecule has 21 heteroatoms. The van der Waals surface area contributed by atoms with E-state index >= 15 is 0 Å². The molecule has 1 fully saturated rings. The van der Waals surface area contributed by atoms with E-state index in [4.69, 9.17) is 13.3 Å². The first kappa shape index (κ1) is 48.9. The maximum absolute atomic E-state index is 12.4. The Labute approximate surface area is 392 Å². The number of hydrogen-bond donors (Lipinski definition) is 6. The summed E-state index contributed by atoms with van der Waals surface area (Å²) in [7, 11) is 0. The van der Waals surface area contributed by atoms with Crippen LogP contribution < -0.4 is 0 Å². The monoisotopic (exact) mass is 950 g/mol. The lowest BCUT2D eigenvalue weighted by Gasteiger charge is -2.25. The highest BCUT2D eigenvalue weighted by molar-refractivity contribution is 5.95. The van der Waals surface area contributed by atoms with Crippen LogP contribution in [0.25, 0.3) is 34.0 Å². The third kappa shape index (κ3) is 10.4. The zero-order valence-corrected chi connectivity index (χ0v) is 38.4. The first-order valence-electron chi connectivity index (χ1n) is 21.5. The molecule has 0 aliphatic carbocycles. The van der Waals surface area contributed by atoms with E-state index in [2.05, 4.69) is 15.0 Å². The van der Waals surface area contributed by atoms with Gasteiger partial charge in [0.25, 0.3) is 0 Å². The van der Waals surface area contributed by atoms with Crippen molar-refractivity contribution in [1.29, 1.82) is 0 Å². The topological polar surface area (TPSA) is 312 Å². The third-order valence-electron chi connectivity index (χ3n) is 12.0. The van der Waals surface area contributed by atoms with E-state index in [1.54, 1.807) is 39.0 Å². The Bertz CT molecular complexity index is 2740. The Morgan fingerprint density at radius 3 is 1.12 bits per heavy atom. The number of rotatable bonds is 15. The Hall–Kier alpha value is -8.01. The van der Waals surface area contributed by atoms with Crippen molar-refractivity contribution < 1.29 is 72.7 Å². The molecule has 6 N–H and O–H groups in total. The molecule has 0 amide bonds. The molecule has 21 nitrogen and oxygen atoms in total. The molecule has 6 aromatic rings. The molecule has 1 aliphatic rings. The van der Waals surface area contributed by atoms with Crippen molar-refractivity contribution >= 4 is 35.8 Å². The Morgan fingerprint density at radius 2 is 0.783 bits per heavy atom. The van der Waals surface area contributed by atoms with Gasteiger partial charge in [0.05, 0.1) is 17.1 Å². The molecule has 0 aromatic carbocycles. The molecule has 360 valence electrons. The Morgan fingerprint density at radius 1 is 0.464 bits per heavy atom. The van der Waals surface area contributed by atoms with Crippen molar-refractivity contribution in [3.63, 3.8) is 0 Å². The third-order valence-corrected chi connectivity index (χ3v) is 12.0. The number of nitrogens with zero attached hydrogens (tertiary/aromatic N) is 6. The molecule has 0 radical (unpaired) electrons. The van der Waals surface area contributed by atoms with Crippen LogP contribution in [0.4, 0.5) is 0 Å². The number of aryl methyl sites for hydroxylation is 3. The molecule has 0 spiro atoms. The second kappa shape index (κ2) is 19.7. The molecular weight excluding hydrogens is 903 g/mol. The summed E-state index contributed by atoms with van der Waals surface area (Å²) in [4.78, 5) is 92.7. The molecule has 6 aromatic heterocycles. The van der Waals surface area contributed by atoms with Gasteiger partial charge in [0, 0.05) is 92.3 Å². The van der Waals surface area contributed by atoms with Gasteiger partial charge in [0.1, 0.15) is 68.3 Å². The van der Waals surface area contributed by atoms with Crippen LogP contribution in [0.3, 0.4) is 0 Å². The van der Waals surface area contributed by atoms with E-state index in [0.29, 0.717) is 89.7 Å². The molecule has 69 heavy (non-hydrogen) atoms. The first-order valence-corrected chi connectivity index (χ1v) is 21.5. The maximum Gasteiger partial charge on any atom is 0.354 e. The molecule has 0 atom stereocenters. The largest absolute Gasteiger partial charge is 0.478 e. The molecule has 0 saturated carbocycles. The SMILES string of the molecule is Cc1oc(-c2cc(CN3CCN(Cc4cc(-c5oc(C)c(C(=O)O)c5C)cc(C(=O)O)n4)C[14CH2]N(Cc4cc(-c5oc(C)c(C(=O)O)c5C)cc(C(=O)O)n4)CC3)nc(C(=O)O)c2)c(C)c1C(=O)O. The van der Waals surface area contributed by atoms with Gasteiger partial charge in [-0.2, -0.15) is 0 Å². The molecule has 7 rings (SSSR count). The van der Waals surface area contributed by atoms with Crippen molar-refractivity contribution in [1.82, 2.24) is 29.7 Å². The fourth-order valence-electron chi connectivity index (χ4n) is 8.81. The van der Waals surface area contributed by atoms with Crippen LogP contribution >= 0.6 is 0 Å². The van der Waals surface area contributed by atoms with Crippen LogP contribution in [0.15, 0.2) is 49.6 Å². The van der Waals surface area contributed by atoms with Crippen molar-refractivity contribution in [2.24, 2.45) is 0 Å². The van der Waals surface area contributed by atoms with E-state index in [9.17, 15) is 59.4 Å². The van der Waals surface area contributed by atoms with Crippen LogP contribution in [0.5, 0.6) is 0 Å².